The van der Waals surface area contributed by atoms with Crippen molar-refractivity contribution in [2.45, 2.75) is 26.7 Å². The molecule has 0 aromatic heterocycles. The Kier molecular flexibility index (Phi) is 5.63. The molecule has 0 spiro atoms. The SMILES string of the molecule is CC(=O)Nc1cccc(NC(=O)C2(C(=O)Nc3cccc(NC(C)=O)c3)CC2)c1. The molecule has 4 amide bonds. The van der Waals surface area contributed by atoms with Crippen LogP contribution in [0.5, 0.6) is 0 Å². The Hall–Kier alpha value is -3.68. The average Bonchev–Trinajstić information content (AvgIpc) is 3.43. The van der Waals surface area contributed by atoms with E-state index in [1.165, 1.54) is 13.8 Å². The molecule has 0 atom stereocenters. The van der Waals surface area contributed by atoms with Crippen LogP contribution in [-0.4, -0.2) is 23.6 Å². The number of rotatable bonds is 6. The highest BCUT2D eigenvalue weighted by Crippen LogP contribution is 2.47. The Morgan fingerprint density at radius 2 is 1.00 bits per heavy atom. The number of carbonyl (C=O) groups is 4. The van der Waals surface area contributed by atoms with Crippen molar-refractivity contribution >= 4 is 46.4 Å². The molecule has 2 aromatic carbocycles. The van der Waals surface area contributed by atoms with Gasteiger partial charge in [-0.05, 0) is 49.2 Å². The van der Waals surface area contributed by atoms with Crippen LogP contribution in [0.2, 0.25) is 0 Å². The number of carbonyl (C=O) groups excluding carboxylic acids is 4. The summed E-state index contributed by atoms with van der Waals surface area (Å²) in [6.45, 7) is 2.80. The largest absolute Gasteiger partial charge is 0.326 e. The number of anilines is 4. The van der Waals surface area contributed by atoms with Gasteiger partial charge in [0.15, 0.2) is 0 Å². The Bertz CT molecular complexity index is 907. The molecule has 0 unspecified atom stereocenters. The number of amides is 4. The molecule has 0 aliphatic heterocycles. The zero-order valence-electron chi connectivity index (χ0n) is 16.2. The van der Waals surface area contributed by atoms with Gasteiger partial charge in [0.2, 0.25) is 23.6 Å². The molecule has 0 radical (unpaired) electrons. The predicted molar refractivity (Wildman–Crippen MR) is 110 cm³/mol. The van der Waals surface area contributed by atoms with Gasteiger partial charge in [0.25, 0.3) is 0 Å². The summed E-state index contributed by atoms with van der Waals surface area (Å²) < 4.78 is 0. The van der Waals surface area contributed by atoms with E-state index in [9.17, 15) is 19.2 Å². The van der Waals surface area contributed by atoms with Gasteiger partial charge in [0.1, 0.15) is 5.41 Å². The molecule has 29 heavy (non-hydrogen) atoms. The van der Waals surface area contributed by atoms with Crippen LogP contribution < -0.4 is 21.3 Å². The van der Waals surface area contributed by atoms with E-state index in [-0.39, 0.29) is 11.8 Å². The molecule has 8 heteroatoms. The highest BCUT2D eigenvalue weighted by Gasteiger charge is 2.56. The van der Waals surface area contributed by atoms with Crippen molar-refractivity contribution in [3.63, 3.8) is 0 Å². The highest BCUT2D eigenvalue weighted by molar-refractivity contribution is 6.17. The predicted octanol–water partition coefficient (Wildman–Crippen LogP) is 2.96. The Balaban J connectivity index is 1.68. The molecule has 0 heterocycles. The molecular weight excluding hydrogens is 372 g/mol. The zero-order chi connectivity index (χ0) is 21.0. The minimum absolute atomic E-state index is 0.215. The van der Waals surface area contributed by atoms with E-state index in [4.69, 9.17) is 0 Å². The van der Waals surface area contributed by atoms with E-state index < -0.39 is 17.2 Å². The van der Waals surface area contributed by atoms with Crippen molar-refractivity contribution in [3.05, 3.63) is 48.5 Å². The minimum Gasteiger partial charge on any atom is -0.326 e. The smallest absolute Gasteiger partial charge is 0.240 e. The van der Waals surface area contributed by atoms with E-state index in [1.54, 1.807) is 48.5 Å². The third-order valence-corrected chi connectivity index (χ3v) is 4.50. The molecule has 0 saturated heterocycles. The summed E-state index contributed by atoms with van der Waals surface area (Å²) >= 11 is 0. The van der Waals surface area contributed by atoms with Crippen molar-refractivity contribution in [2.24, 2.45) is 5.41 Å². The van der Waals surface area contributed by atoms with Gasteiger partial charge in [-0.15, -0.1) is 0 Å². The lowest BCUT2D eigenvalue weighted by atomic mass is 10.0. The second kappa shape index (κ2) is 8.14. The maximum absolute atomic E-state index is 12.8. The summed E-state index contributed by atoms with van der Waals surface area (Å²) in [6.07, 6.45) is 0.892. The second-order valence-electron chi connectivity index (χ2n) is 7.01. The van der Waals surface area contributed by atoms with Crippen LogP contribution in [0.25, 0.3) is 0 Å². The van der Waals surface area contributed by atoms with Crippen molar-refractivity contribution in [3.8, 4) is 0 Å². The van der Waals surface area contributed by atoms with Gasteiger partial charge in [0, 0.05) is 36.6 Å². The third-order valence-electron chi connectivity index (χ3n) is 4.50. The number of nitrogens with one attached hydrogen (secondary N) is 4. The van der Waals surface area contributed by atoms with Gasteiger partial charge < -0.3 is 21.3 Å². The first-order valence-electron chi connectivity index (χ1n) is 9.17. The van der Waals surface area contributed by atoms with Gasteiger partial charge in [-0.2, -0.15) is 0 Å². The lowest BCUT2D eigenvalue weighted by Crippen LogP contribution is -2.35. The minimum atomic E-state index is -1.13. The fourth-order valence-electron chi connectivity index (χ4n) is 2.94. The Morgan fingerprint density at radius 1 is 0.655 bits per heavy atom. The summed E-state index contributed by atoms with van der Waals surface area (Å²) in [5.74, 6) is -1.22. The number of hydrogen-bond acceptors (Lipinski definition) is 4. The van der Waals surface area contributed by atoms with E-state index >= 15 is 0 Å². The van der Waals surface area contributed by atoms with E-state index in [2.05, 4.69) is 21.3 Å². The molecule has 1 fully saturated rings. The van der Waals surface area contributed by atoms with Gasteiger partial charge in [-0.1, -0.05) is 12.1 Å². The number of benzene rings is 2. The standard InChI is InChI=1S/C21H22N4O4/c1-13(26)22-15-5-3-7-17(11-15)24-19(28)21(9-10-21)20(29)25-18-8-4-6-16(12-18)23-14(2)27/h3-8,11-12H,9-10H2,1-2H3,(H,22,26)(H,23,27)(H,24,28)(H,25,29). The first-order chi connectivity index (χ1) is 13.8. The quantitative estimate of drug-likeness (QED) is 0.564. The van der Waals surface area contributed by atoms with Crippen molar-refractivity contribution in [1.82, 2.24) is 0 Å². The fourth-order valence-corrected chi connectivity index (χ4v) is 2.94. The summed E-state index contributed by atoms with van der Waals surface area (Å²) in [5.41, 5.74) is 0.966. The van der Waals surface area contributed by atoms with Crippen LogP contribution >= 0.6 is 0 Å². The van der Waals surface area contributed by atoms with Crippen molar-refractivity contribution in [1.29, 1.82) is 0 Å². The van der Waals surface area contributed by atoms with Crippen LogP contribution in [0, 0.1) is 5.41 Å². The summed E-state index contributed by atoms with van der Waals surface area (Å²) in [4.78, 5) is 47.9. The molecule has 1 saturated carbocycles. The molecule has 150 valence electrons. The Labute approximate surface area is 168 Å². The normalized spacial score (nSPS) is 13.7. The third kappa shape index (κ3) is 4.98. The summed E-state index contributed by atoms with van der Waals surface area (Å²) in [7, 11) is 0. The average molecular weight is 394 g/mol. The molecule has 0 bridgehead atoms. The second-order valence-corrected chi connectivity index (χ2v) is 7.01. The van der Waals surface area contributed by atoms with Crippen LogP contribution in [0.1, 0.15) is 26.7 Å². The monoisotopic (exact) mass is 394 g/mol. The summed E-state index contributed by atoms with van der Waals surface area (Å²) in [6, 6.07) is 13.5. The van der Waals surface area contributed by atoms with Crippen LogP contribution in [0.3, 0.4) is 0 Å². The Morgan fingerprint density at radius 3 is 1.31 bits per heavy atom. The molecule has 2 aromatic rings. The first kappa shape index (κ1) is 20.1. The van der Waals surface area contributed by atoms with Gasteiger partial charge in [-0.3, -0.25) is 19.2 Å². The molecular formula is C21H22N4O4. The fraction of sp³-hybridized carbons (Fsp3) is 0.238. The molecule has 3 rings (SSSR count). The van der Waals surface area contributed by atoms with Crippen LogP contribution in [-0.2, 0) is 19.2 Å². The van der Waals surface area contributed by atoms with E-state index in [1.807, 2.05) is 0 Å². The van der Waals surface area contributed by atoms with Crippen LogP contribution in [0.15, 0.2) is 48.5 Å². The van der Waals surface area contributed by atoms with Crippen LogP contribution in [0.4, 0.5) is 22.7 Å². The summed E-state index contributed by atoms with van der Waals surface area (Å²) in [5, 5.41) is 10.8. The maximum Gasteiger partial charge on any atom is 0.240 e. The number of hydrogen-bond donors (Lipinski definition) is 4. The molecule has 4 N–H and O–H groups in total. The molecule has 1 aliphatic carbocycles. The maximum atomic E-state index is 12.8. The zero-order valence-corrected chi connectivity index (χ0v) is 16.2. The lowest BCUT2D eigenvalue weighted by molar-refractivity contribution is -0.131. The van der Waals surface area contributed by atoms with E-state index in [0.29, 0.717) is 35.6 Å². The van der Waals surface area contributed by atoms with Crippen molar-refractivity contribution < 1.29 is 19.2 Å². The molecule has 8 nitrogen and oxygen atoms in total. The molecule has 1 aliphatic rings. The van der Waals surface area contributed by atoms with E-state index in [0.717, 1.165) is 0 Å². The van der Waals surface area contributed by atoms with Crippen molar-refractivity contribution in [2.75, 3.05) is 21.3 Å². The highest BCUT2D eigenvalue weighted by atomic mass is 16.2. The lowest BCUT2D eigenvalue weighted by Gasteiger charge is -2.16. The van der Waals surface area contributed by atoms with Gasteiger partial charge in [0.05, 0.1) is 0 Å². The topological polar surface area (TPSA) is 116 Å². The van der Waals surface area contributed by atoms with Gasteiger partial charge >= 0.3 is 0 Å². The first-order valence-corrected chi connectivity index (χ1v) is 9.17. The van der Waals surface area contributed by atoms with Gasteiger partial charge in [-0.25, -0.2) is 0 Å².